The number of ether oxygens (including phenoxy) is 1. The predicted molar refractivity (Wildman–Crippen MR) is 58.7 cm³/mol. The predicted octanol–water partition coefficient (Wildman–Crippen LogP) is 1.72. The number of cyclic esters (lactones) is 1. The molecule has 0 bridgehead atoms. The van der Waals surface area contributed by atoms with Crippen LogP contribution in [0.3, 0.4) is 0 Å². The first kappa shape index (κ1) is 10.3. The summed E-state index contributed by atoms with van der Waals surface area (Å²) < 4.78 is 4.91. The van der Waals surface area contributed by atoms with Gasteiger partial charge in [0.25, 0.3) is 0 Å². The van der Waals surface area contributed by atoms with Gasteiger partial charge in [-0.05, 0) is 24.0 Å². The van der Waals surface area contributed by atoms with E-state index in [9.17, 15) is 14.7 Å². The number of carboxylic acids is 1. The SMILES string of the molecule is CC1CC1(C(=O)O)c1ccc2c(c1)C(=O)OC2. The van der Waals surface area contributed by atoms with Gasteiger partial charge in [-0.15, -0.1) is 0 Å². The van der Waals surface area contributed by atoms with Crippen LogP contribution < -0.4 is 0 Å². The second kappa shape index (κ2) is 3.09. The Bertz CT molecular complexity index is 534. The molecule has 3 rings (SSSR count). The second-order valence-electron chi connectivity index (χ2n) is 4.83. The molecule has 0 spiro atoms. The maximum absolute atomic E-state index is 11.4. The summed E-state index contributed by atoms with van der Waals surface area (Å²) in [6, 6.07) is 5.28. The molecule has 1 heterocycles. The molecule has 2 unspecified atom stereocenters. The van der Waals surface area contributed by atoms with Gasteiger partial charge in [0.2, 0.25) is 0 Å². The van der Waals surface area contributed by atoms with Crippen LogP contribution in [-0.4, -0.2) is 17.0 Å². The standard InChI is InChI=1S/C13H12O4/c1-7-5-13(7,12(15)16)9-3-2-8-6-17-11(14)10(8)4-9/h2-4,7H,5-6H2,1H3,(H,15,16). The number of carbonyl (C=O) groups excluding carboxylic acids is 1. The van der Waals surface area contributed by atoms with Crippen LogP contribution in [0.1, 0.15) is 34.8 Å². The molecule has 1 saturated carbocycles. The molecule has 2 atom stereocenters. The van der Waals surface area contributed by atoms with Crippen molar-refractivity contribution in [2.75, 3.05) is 0 Å². The Labute approximate surface area is 98.2 Å². The molecule has 1 aliphatic heterocycles. The molecule has 17 heavy (non-hydrogen) atoms. The summed E-state index contributed by atoms with van der Waals surface area (Å²) in [5.41, 5.74) is 1.28. The van der Waals surface area contributed by atoms with Gasteiger partial charge in [-0.25, -0.2) is 4.79 Å². The summed E-state index contributed by atoms with van der Waals surface area (Å²) in [6.07, 6.45) is 0.635. The highest BCUT2D eigenvalue weighted by Gasteiger charge is 2.59. The molecule has 1 N–H and O–H groups in total. The molecular weight excluding hydrogens is 220 g/mol. The van der Waals surface area contributed by atoms with Gasteiger partial charge in [0.05, 0.1) is 11.0 Å². The third kappa shape index (κ3) is 1.24. The lowest BCUT2D eigenvalue weighted by molar-refractivity contribution is -0.140. The topological polar surface area (TPSA) is 63.6 Å². The molecule has 1 aromatic carbocycles. The van der Waals surface area contributed by atoms with Gasteiger partial charge in [0, 0.05) is 5.56 Å². The number of aliphatic carboxylic acids is 1. The first-order valence-electron chi connectivity index (χ1n) is 5.59. The lowest BCUT2D eigenvalue weighted by atomic mass is 9.91. The van der Waals surface area contributed by atoms with Gasteiger partial charge in [-0.3, -0.25) is 4.79 Å². The van der Waals surface area contributed by atoms with Crippen LogP contribution in [0.5, 0.6) is 0 Å². The monoisotopic (exact) mass is 232 g/mol. The van der Waals surface area contributed by atoms with Gasteiger partial charge in [-0.2, -0.15) is 0 Å². The highest BCUT2D eigenvalue weighted by atomic mass is 16.5. The van der Waals surface area contributed by atoms with Gasteiger partial charge in [-0.1, -0.05) is 19.1 Å². The van der Waals surface area contributed by atoms with Crippen LogP contribution in [0.25, 0.3) is 0 Å². The largest absolute Gasteiger partial charge is 0.481 e. The highest BCUT2D eigenvalue weighted by molar-refractivity contribution is 5.94. The second-order valence-corrected chi connectivity index (χ2v) is 4.83. The van der Waals surface area contributed by atoms with Gasteiger partial charge in [0.1, 0.15) is 6.61 Å². The molecule has 0 radical (unpaired) electrons. The minimum Gasteiger partial charge on any atom is -0.481 e. The maximum Gasteiger partial charge on any atom is 0.338 e. The number of benzene rings is 1. The van der Waals surface area contributed by atoms with Crippen LogP contribution >= 0.6 is 0 Å². The van der Waals surface area contributed by atoms with Crippen LogP contribution in [0, 0.1) is 5.92 Å². The van der Waals surface area contributed by atoms with E-state index in [4.69, 9.17) is 4.74 Å². The van der Waals surface area contributed by atoms with E-state index in [0.717, 1.165) is 11.1 Å². The fourth-order valence-electron chi connectivity index (χ4n) is 2.64. The Morgan fingerprint density at radius 1 is 1.53 bits per heavy atom. The smallest absolute Gasteiger partial charge is 0.338 e. The Morgan fingerprint density at radius 2 is 2.24 bits per heavy atom. The van der Waals surface area contributed by atoms with E-state index in [0.29, 0.717) is 18.6 Å². The van der Waals surface area contributed by atoms with Crippen LogP contribution in [-0.2, 0) is 21.6 Å². The van der Waals surface area contributed by atoms with Crippen molar-refractivity contribution in [1.82, 2.24) is 0 Å². The third-order valence-corrected chi connectivity index (χ3v) is 3.89. The van der Waals surface area contributed by atoms with Gasteiger partial charge in [0.15, 0.2) is 0 Å². The van der Waals surface area contributed by atoms with E-state index >= 15 is 0 Å². The molecule has 88 valence electrons. The number of carboxylic acid groups (broad SMARTS) is 1. The van der Waals surface area contributed by atoms with Crippen molar-refractivity contribution in [3.8, 4) is 0 Å². The van der Waals surface area contributed by atoms with Crippen molar-refractivity contribution in [2.24, 2.45) is 5.92 Å². The normalized spacial score (nSPS) is 29.7. The van der Waals surface area contributed by atoms with E-state index in [-0.39, 0.29) is 11.9 Å². The summed E-state index contributed by atoms with van der Waals surface area (Å²) in [4.78, 5) is 22.8. The summed E-state index contributed by atoms with van der Waals surface area (Å²) in [6.45, 7) is 2.21. The van der Waals surface area contributed by atoms with E-state index in [1.54, 1.807) is 18.2 Å². The molecule has 1 aromatic rings. The Kier molecular flexibility index (Phi) is 1.88. The van der Waals surface area contributed by atoms with Gasteiger partial charge < -0.3 is 9.84 Å². The number of fused-ring (bicyclic) bond motifs is 1. The fourth-order valence-corrected chi connectivity index (χ4v) is 2.64. The average Bonchev–Trinajstić information content (AvgIpc) is 2.86. The summed E-state index contributed by atoms with van der Waals surface area (Å²) in [5, 5.41) is 9.33. The van der Waals surface area contributed by atoms with E-state index in [1.165, 1.54) is 0 Å². The van der Waals surface area contributed by atoms with Crippen LogP contribution in [0.4, 0.5) is 0 Å². The lowest BCUT2D eigenvalue weighted by Crippen LogP contribution is -2.22. The molecule has 4 nitrogen and oxygen atoms in total. The molecule has 4 heteroatoms. The zero-order valence-corrected chi connectivity index (χ0v) is 9.40. The van der Waals surface area contributed by atoms with Crippen molar-refractivity contribution in [3.05, 3.63) is 34.9 Å². The Balaban J connectivity index is 2.09. The van der Waals surface area contributed by atoms with Crippen LogP contribution in [0.2, 0.25) is 0 Å². The molecule has 0 aromatic heterocycles. The van der Waals surface area contributed by atoms with E-state index in [1.807, 2.05) is 6.92 Å². The van der Waals surface area contributed by atoms with Crippen molar-refractivity contribution in [1.29, 1.82) is 0 Å². The zero-order chi connectivity index (χ0) is 12.2. The number of hydrogen-bond donors (Lipinski definition) is 1. The zero-order valence-electron chi connectivity index (χ0n) is 9.40. The number of hydrogen-bond acceptors (Lipinski definition) is 3. The van der Waals surface area contributed by atoms with Crippen molar-refractivity contribution in [2.45, 2.75) is 25.4 Å². The number of esters is 1. The van der Waals surface area contributed by atoms with E-state index < -0.39 is 11.4 Å². The number of carbonyl (C=O) groups is 2. The van der Waals surface area contributed by atoms with E-state index in [2.05, 4.69) is 0 Å². The maximum atomic E-state index is 11.4. The molecule has 1 aliphatic carbocycles. The first-order valence-corrected chi connectivity index (χ1v) is 5.59. The molecule has 0 amide bonds. The summed E-state index contributed by atoms with van der Waals surface area (Å²) in [7, 11) is 0. The van der Waals surface area contributed by atoms with Crippen molar-refractivity contribution >= 4 is 11.9 Å². The number of rotatable bonds is 2. The summed E-state index contributed by atoms with van der Waals surface area (Å²) >= 11 is 0. The molecular formula is C13H12O4. The Hall–Kier alpha value is -1.84. The average molecular weight is 232 g/mol. The van der Waals surface area contributed by atoms with Gasteiger partial charge >= 0.3 is 11.9 Å². The third-order valence-electron chi connectivity index (χ3n) is 3.89. The summed E-state index contributed by atoms with van der Waals surface area (Å²) in [5.74, 6) is -1.04. The van der Waals surface area contributed by atoms with Crippen molar-refractivity contribution in [3.63, 3.8) is 0 Å². The van der Waals surface area contributed by atoms with Crippen LogP contribution in [0.15, 0.2) is 18.2 Å². The molecule has 2 aliphatic rings. The fraction of sp³-hybridized carbons (Fsp3) is 0.385. The minimum atomic E-state index is -0.809. The Morgan fingerprint density at radius 3 is 2.82 bits per heavy atom. The lowest BCUT2D eigenvalue weighted by Gasteiger charge is -2.12. The van der Waals surface area contributed by atoms with Crippen molar-refractivity contribution < 1.29 is 19.4 Å². The highest BCUT2D eigenvalue weighted by Crippen LogP contribution is 2.54. The first-order chi connectivity index (χ1) is 8.05. The molecule has 0 saturated heterocycles. The minimum absolute atomic E-state index is 0.121. The molecule has 1 fully saturated rings. The quantitative estimate of drug-likeness (QED) is 0.788.